The molecule has 1 aliphatic rings. The summed E-state index contributed by atoms with van der Waals surface area (Å²) in [6.07, 6.45) is 0. The first-order valence-corrected chi connectivity index (χ1v) is 11.6. The van der Waals surface area contributed by atoms with Gasteiger partial charge in [0.2, 0.25) is 10.0 Å². The lowest BCUT2D eigenvalue weighted by molar-refractivity contribution is 0.0730. The molecule has 0 spiro atoms. The first-order chi connectivity index (χ1) is 14.4. The van der Waals surface area contributed by atoms with E-state index in [4.69, 9.17) is 9.47 Å². The van der Waals surface area contributed by atoms with Gasteiger partial charge in [0, 0.05) is 25.7 Å². The van der Waals surface area contributed by atoms with Crippen LogP contribution in [0.2, 0.25) is 0 Å². The summed E-state index contributed by atoms with van der Waals surface area (Å²) < 4.78 is 40.2. The van der Waals surface area contributed by atoms with E-state index in [2.05, 4.69) is 4.99 Å². The van der Waals surface area contributed by atoms with Crippen molar-refractivity contribution in [3.05, 3.63) is 52.8 Å². The summed E-state index contributed by atoms with van der Waals surface area (Å²) >= 11 is 1.38. The molecule has 0 unspecified atom stereocenters. The first kappa shape index (κ1) is 20.7. The lowest BCUT2D eigenvalue weighted by Crippen LogP contribution is -2.40. The van der Waals surface area contributed by atoms with Crippen LogP contribution in [-0.2, 0) is 21.8 Å². The second kappa shape index (κ2) is 8.31. The van der Waals surface area contributed by atoms with Crippen molar-refractivity contribution in [2.45, 2.75) is 4.90 Å². The molecule has 0 radical (unpaired) electrons. The normalized spacial score (nSPS) is 16.1. The van der Waals surface area contributed by atoms with E-state index in [1.54, 1.807) is 7.11 Å². The SMILES string of the molecule is COc1cccc2sc(=NC(=O)c3ccc(S(=O)(=O)N4CCOCC4)cc3)n(C)c12. The Morgan fingerprint density at radius 3 is 2.50 bits per heavy atom. The van der Waals surface area contributed by atoms with Crippen LogP contribution in [0, 0.1) is 0 Å². The Morgan fingerprint density at radius 1 is 1.13 bits per heavy atom. The van der Waals surface area contributed by atoms with Gasteiger partial charge < -0.3 is 14.0 Å². The molecular formula is C20H21N3O5S2. The van der Waals surface area contributed by atoms with Crippen LogP contribution in [0.25, 0.3) is 10.2 Å². The summed E-state index contributed by atoms with van der Waals surface area (Å²) in [5, 5.41) is 0. The molecule has 8 nitrogen and oxygen atoms in total. The van der Waals surface area contributed by atoms with Crippen molar-refractivity contribution in [2.75, 3.05) is 33.4 Å². The van der Waals surface area contributed by atoms with E-state index in [-0.39, 0.29) is 4.90 Å². The Kier molecular flexibility index (Phi) is 5.74. The molecule has 1 amide bonds. The number of methoxy groups -OCH3 is 1. The van der Waals surface area contributed by atoms with Gasteiger partial charge in [0.05, 0.1) is 29.9 Å². The lowest BCUT2D eigenvalue weighted by atomic mass is 10.2. The maximum absolute atomic E-state index is 12.7. The minimum absolute atomic E-state index is 0.151. The van der Waals surface area contributed by atoms with Crippen LogP contribution in [-0.4, -0.2) is 56.6 Å². The zero-order valence-corrected chi connectivity index (χ0v) is 18.2. The van der Waals surface area contributed by atoms with Gasteiger partial charge in [0.1, 0.15) is 11.3 Å². The predicted molar refractivity (Wildman–Crippen MR) is 113 cm³/mol. The predicted octanol–water partition coefficient (Wildman–Crippen LogP) is 2.01. The number of benzene rings is 2. The van der Waals surface area contributed by atoms with Crippen LogP contribution in [0.1, 0.15) is 10.4 Å². The number of carbonyl (C=O) groups excluding carboxylic acids is 1. The van der Waals surface area contributed by atoms with Crippen molar-refractivity contribution in [2.24, 2.45) is 12.0 Å². The van der Waals surface area contributed by atoms with E-state index < -0.39 is 15.9 Å². The fraction of sp³-hybridized carbons (Fsp3) is 0.300. The summed E-state index contributed by atoms with van der Waals surface area (Å²) in [5.41, 5.74) is 1.18. The van der Waals surface area contributed by atoms with Crippen LogP contribution in [0.5, 0.6) is 5.75 Å². The molecule has 0 saturated carbocycles. The number of nitrogens with zero attached hydrogens (tertiary/aromatic N) is 3. The van der Waals surface area contributed by atoms with Crippen molar-refractivity contribution in [1.29, 1.82) is 0 Å². The molecule has 3 aromatic rings. The zero-order valence-electron chi connectivity index (χ0n) is 16.6. The summed E-state index contributed by atoms with van der Waals surface area (Å²) in [6, 6.07) is 11.6. The van der Waals surface area contributed by atoms with Crippen molar-refractivity contribution in [3.8, 4) is 5.75 Å². The molecule has 1 saturated heterocycles. The Bertz CT molecular complexity index is 1250. The van der Waals surface area contributed by atoms with Gasteiger partial charge in [0.15, 0.2) is 4.80 Å². The van der Waals surface area contributed by atoms with Gasteiger partial charge in [0.25, 0.3) is 5.91 Å². The highest BCUT2D eigenvalue weighted by molar-refractivity contribution is 7.89. The number of thiazole rings is 1. The van der Waals surface area contributed by atoms with E-state index in [1.165, 1.54) is 39.9 Å². The largest absolute Gasteiger partial charge is 0.495 e. The molecule has 158 valence electrons. The number of hydrogen-bond acceptors (Lipinski definition) is 6. The lowest BCUT2D eigenvalue weighted by Gasteiger charge is -2.26. The fourth-order valence-corrected chi connectivity index (χ4v) is 5.74. The third-order valence-corrected chi connectivity index (χ3v) is 7.92. The summed E-state index contributed by atoms with van der Waals surface area (Å²) in [6.45, 7) is 1.41. The Hall–Kier alpha value is -2.53. The number of morpholine rings is 1. The molecule has 10 heteroatoms. The van der Waals surface area contributed by atoms with Crippen LogP contribution in [0.4, 0.5) is 0 Å². The molecule has 2 heterocycles. The molecule has 30 heavy (non-hydrogen) atoms. The van der Waals surface area contributed by atoms with Crippen LogP contribution in [0.15, 0.2) is 52.4 Å². The van der Waals surface area contributed by atoms with Gasteiger partial charge in [-0.2, -0.15) is 9.30 Å². The number of sulfonamides is 1. The monoisotopic (exact) mass is 447 g/mol. The summed E-state index contributed by atoms with van der Waals surface area (Å²) in [4.78, 5) is 17.6. The number of para-hydroxylation sites is 1. The highest BCUT2D eigenvalue weighted by Gasteiger charge is 2.26. The van der Waals surface area contributed by atoms with Gasteiger partial charge in [-0.25, -0.2) is 8.42 Å². The number of amides is 1. The van der Waals surface area contributed by atoms with Crippen LogP contribution in [0.3, 0.4) is 0 Å². The molecular weight excluding hydrogens is 426 g/mol. The molecule has 0 N–H and O–H groups in total. The van der Waals surface area contributed by atoms with Crippen LogP contribution < -0.4 is 9.54 Å². The van der Waals surface area contributed by atoms with Crippen molar-refractivity contribution >= 4 is 37.5 Å². The minimum atomic E-state index is -3.60. The van der Waals surface area contributed by atoms with E-state index >= 15 is 0 Å². The van der Waals surface area contributed by atoms with Gasteiger partial charge in [-0.3, -0.25) is 4.79 Å². The molecule has 0 bridgehead atoms. The van der Waals surface area contributed by atoms with Crippen molar-refractivity contribution in [3.63, 3.8) is 0 Å². The number of rotatable bonds is 4. The van der Waals surface area contributed by atoms with E-state index in [9.17, 15) is 13.2 Å². The summed E-state index contributed by atoms with van der Waals surface area (Å²) in [5.74, 6) is 0.268. The Morgan fingerprint density at radius 2 is 1.83 bits per heavy atom. The second-order valence-corrected chi connectivity index (χ2v) is 9.66. The first-order valence-electron chi connectivity index (χ1n) is 9.31. The average Bonchev–Trinajstić information content (AvgIpc) is 3.09. The molecule has 1 fully saturated rings. The second-order valence-electron chi connectivity index (χ2n) is 6.71. The van der Waals surface area contributed by atoms with Crippen LogP contribution >= 0.6 is 11.3 Å². The standard InChI is InChI=1S/C20H21N3O5S2/c1-22-18-16(27-2)4-3-5-17(18)29-20(22)21-19(24)14-6-8-15(9-7-14)30(25,26)23-10-12-28-13-11-23/h3-9H,10-13H2,1-2H3. The minimum Gasteiger partial charge on any atom is -0.495 e. The smallest absolute Gasteiger partial charge is 0.279 e. The topological polar surface area (TPSA) is 90.2 Å². The van der Waals surface area contributed by atoms with Gasteiger partial charge in [-0.15, -0.1) is 0 Å². The summed E-state index contributed by atoms with van der Waals surface area (Å²) in [7, 11) is -0.177. The van der Waals surface area contributed by atoms with Crippen molar-refractivity contribution < 1.29 is 22.7 Å². The number of fused-ring (bicyclic) bond motifs is 1. The van der Waals surface area contributed by atoms with E-state index in [1.807, 2.05) is 29.8 Å². The Balaban J connectivity index is 1.63. The molecule has 1 aliphatic heterocycles. The Labute approximate surface area is 178 Å². The van der Waals surface area contributed by atoms with E-state index in [0.29, 0.717) is 42.4 Å². The van der Waals surface area contributed by atoms with Gasteiger partial charge >= 0.3 is 0 Å². The molecule has 2 aromatic carbocycles. The average molecular weight is 448 g/mol. The highest BCUT2D eigenvalue weighted by Crippen LogP contribution is 2.26. The third-order valence-electron chi connectivity index (χ3n) is 4.91. The van der Waals surface area contributed by atoms with Gasteiger partial charge in [-0.05, 0) is 36.4 Å². The number of ether oxygens (including phenoxy) is 2. The molecule has 0 aliphatic carbocycles. The molecule has 1 aromatic heterocycles. The van der Waals surface area contributed by atoms with E-state index in [0.717, 1.165) is 10.2 Å². The number of aromatic nitrogens is 1. The third kappa shape index (κ3) is 3.79. The molecule has 4 rings (SSSR count). The zero-order chi connectivity index (χ0) is 21.3. The number of hydrogen-bond donors (Lipinski definition) is 0. The number of carbonyl (C=O) groups is 1. The van der Waals surface area contributed by atoms with Crippen molar-refractivity contribution in [1.82, 2.24) is 8.87 Å². The fourth-order valence-electron chi connectivity index (χ4n) is 3.30. The van der Waals surface area contributed by atoms with Gasteiger partial charge in [-0.1, -0.05) is 17.4 Å². The maximum atomic E-state index is 12.7. The number of aryl methyl sites for hydroxylation is 1. The molecule has 0 atom stereocenters. The quantitative estimate of drug-likeness (QED) is 0.610. The maximum Gasteiger partial charge on any atom is 0.279 e. The highest BCUT2D eigenvalue weighted by atomic mass is 32.2.